The summed E-state index contributed by atoms with van der Waals surface area (Å²) < 4.78 is 2.42. The Kier molecular flexibility index (Phi) is 4.18. The van der Waals surface area contributed by atoms with Crippen molar-refractivity contribution in [2.45, 2.75) is 70.9 Å². The van der Waals surface area contributed by atoms with Gasteiger partial charge in [0, 0.05) is 29.5 Å². The van der Waals surface area contributed by atoms with Gasteiger partial charge in [0.25, 0.3) is 0 Å². The maximum atomic E-state index is 12.0. The van der Waals surface area contributed by atoms with Gasteiger partial charge in [0.2, 0.25) is 5.91 Å². The van der Waals surface area contributed by atoms with Gasteiger partial charge in [-0.05, 0) is 57.2 Å². The first kappa shape index (κ1) is 14.4. The predicted molar refractivity (Wildman–Crippen MR) is 86.2 cm³/mol. The van der Waals surface area contributed by atoms with Crippen molar-refractivity contribution in [3.05, 3.63) is 29.1 Å². The van der Waals surface area contributed by atoms with Crippen molar-refractivity contribution >= 4 is 12.0 Å². The monoisotopic (exact) mass is 286 g/mol. The maximum absolute atomic E-state index is 12.0. The van der Waals surface area contributed by atoms with E-state index in [1.807, 2.05) is 6.08 Å². The molecule has 3 nitrogen and oxygen atoms in total. The van der Waals surface area contributed by atoms with E-state index in [0.717, 1.165) is 12.8 Å². The quantitative estimate of drug-likeness (QED) is 0.837. The van der Waals surface area contributed by atoms with Gasteiger partial charge in [-0.1, -0.05) is 19.3 Å². The Hall–Kier alpha value is -1.51. The van der Waals surface area contributed by atoms with Gasteiger partial charge >= 0.3 is 0 Å². The Balaban J connectivity index is 1.62. The third kappa shape index (κ3) is 3.39. The Morgan fingerprint density at radius 1 is 1.19 bits per heavy atom. The van der Waals surface area contributed by atoms with Gasteiger partial charge in [-0.25, -0.2) is 0 Å². The van der Waals surface area contributed by atoms with Gasteiger partial charge in [0.05, 0.1) is 0 Å². The number of carbonyl (C=O) groups excluding carboxylic acids is 1. The molecule has 2 saturated carbocycles. The van der Waals surface area contributed by atoms with Crippen LogP contribution in [0.15, 0.2) is 12.1 Å². The Morgan fingerprint density at radius 3 is 2.57 bits per heavy atom. The second-order valence-electron chi connectivity index (χ2n) is 6.60. The molecule has 1 N–H and O–H groups in total. The topological polar surface area (TPSA) is 34.0 Å². The van der Waals surface area contributed by atoms with E-state index < -0.39 is 0 Å². The molecule has 0 radical (unpaired) electrons. The summed E-state index contributed by atoms with van der Waals surface area (Å²) >= 11 is 0. The number of hydrogen-bond acceptors (Lipinski definition) is 1. The molecule has 3 heteroatoms. The van der Waals surface area contributed by atoms with E-state index in [2.05, 4.69) is 29.8 Å². The highest BCUT2D eigenvalue weighted by Crippen LogP contribution is 2.38. The van der Waals surface area contributed by atoms with Gasteiger partial charge in [-0.3, -0.25) is 4.79 Å². The van der Waals surface area contributed by atoms with Crippen LogP contribution in [0.3, 0.4) is 0 Å². The summed E-state index contributed by atoms with van der Waals surface area (Å²) in [6.45, 7) is 4.31. The highest BCUT2D eigenvalue weighted by Gasteiger charge is 2.26. The van der Waals surface area contributed by atoms with Crippen molar-refractivity contribution in [1.82, 2.24) is 9.88 Å². The summed E-state index contributed by atoms with van der Waals surface area (Å²) in [6.07, 6.45) is 12.3. The first-order chi connectivity index (χ1) is 10.1. The minimum absolute atomic E-state index is 0.0538. The number of amides is 1. The van der Waals surface area contributed by atoms with Gasteiger partial charge in [0.15, 0.2) is 0 Å². The molecular formula is C18H26N2O. The van der Waals surface area contributed by atoms with E-state index >= 15 is 0 Å². The number of aryl methyl sites for hydroxylation is 1. The molecule has 3 rings (SSSR count). The first-order valence-electron chi connectivity index (χ1n) is 8.32. The summed E-state index contributed by atoms with van der Waals surface area (Å²) in [6, 6.07) is 3.27. The number of hydrogen-bond donors (Lipinski definition) is 1. The second kappa shape index (κ2) is 6.08. The molecule has 0 unspecified atom stereocenters. The fourth-order valence-corrected chi connectivity index (χ4v) is 3.53. The summed E-state index contributed by atoms with van der Waals surface area (Å²) in [4.78, 5) is 12.0. The molecule has 1 heterocycles. The lowest BCUT2D eigenvalue weighted by molar-refractivity contribution is -0.117. The van der Waals surface area contributed by atoms with E-state index in [9.17, 15) is 4.79 Å². The van der Waals surface area contributed by atoms with Gasteiger partial charge in [-0.15, -0.1) is 0 Å². The van der Waals surface area contributed by atoms with Gasteiger partial charge < -0.3 is 9.88 Å². The standard InChI is InChI=1S/C18H26N2O/c1-13-12-15(14(2)20(13)17-9-10-17)8-11-18(21)19-16-6-4-3-5-7-16/h8,11-12,16-17H,3-7,9-10H2,1-2H3,(H,19,21). The van der Waals surface area contributed by atoms with E-state index in [1.165, 1.54) is 49.1 Å². The third-order valence-corrected chi connectivity index (χ3v) is 4.80. The van der Waals surface area contributed by atoms with Crippen LogP contribution in [0.4, 0.5) is 0 Å². The number of aromatic nitrogens is 1. The van der Waals surface area contributed by atoms with Crippen LogP contribution in [0, 0.1) is 13.8 Å². The normalized spacial score (nSPS) is 20.1. The third-order valence-electron chi connectivity index (χ3n) is 4.80. The first-order valence-corrected chi connectivity index (χ1v) is 8.32. The molecule has 0 aromatic carbocycles. The zero-order valence-corrected chi connectivity index (χ0v) is 13.2. The summed E-state index contributed by atoms with van der Waals surface area (Å²) in [5.41, 5.74) is 3.78. The fourth-order valence-electron chi connectivity index (χ4n) is 3.53. The highest BCUT2D eigenvalue weighted by atomic mass is 16.1. The molecule has 1 aromatic rings. The maximum Gasteiger partial charge on any atom is 0.244 e. The molecule has 2 aliphatic rings. The smallest absolute Gasteiger partial charge is 0.244 e. The molecule has 1 amide bonds. The number of rotatable bonds is 4. The van der Waals surface area contributed by atoms with Crippen LogP contribution < -0.4 is 5.32 Å². The lowest BCUT2D eigenvalue weighted by Crippen LogP contribution is -2.34. The molecule has 0 aliphatic heterocycles. The van der Waals surface area contributed by atoms with E-state index in [1.54, 1.807) is 6.08 Å². The lowest BCUT2D eigenvalue weighted by atomic mass is 9.95. The van der Waals surface area contributed by atoms with E-state index in [4.69, 9.17) is 0 Å². The minimum atomic E-state index is 0.0538. The number of nitrogens with one attached hydrogen (secondary N) is 1. The molecule has 21 heavy (non-hydrogen) atoms. The molecule has 0 spiro atoms. The van der Waals surface area contributed by atoms with Crippen molar-refractivity contribution in [2.24, 2.45) is 0 Å². The summed E-state index contributed by atoms with van der Waals surface area (Å²) in [5.74, 6) is 0.0538. The highest BCUT2D eigenvalue weighted by molar-refractivity contribution is 5.92. The predicted octanol–water partition coefficient (Wildman–Crippen LogP) is 3.90. The lowest BCUT2D eigenvalue weighted by Gasteiger charge is -2.21. The van der Waals surface area contributed by atoms with Crippen LogP contribution in [-0.2, 0) is 4.79 Å². The van der Waals surface area contributed by atoms with Crippen LogP contribution in [0.2, 0.25) is 0 Å². The zero-order valence-electron chi connectivity index (χ0n) is 13.2. The zero-order chi connectivity index (χ0) is 14.8. The van der Waals surface area contributed by atoms with Gasteiger partial charge in [-0.2, -0.15) is 0 Å². The number of carbonyl (C=O) groups is 1. The second-order valence-corrected chi connectivity index (χ2v) is 6.60. The molecule has 0 bridgehead atoms. The van der Waals surface area contributed by atoms with Crippen molar-refractivity contribution in [1.29, 1.82) is 0 Å². The SMILES string of the molecule is Cc1cc(C=CC(=O)NC2CCCCC2)c(C)n1C1CC1. The molecule has 1 aromatic heterocycles. The van der Waals surface area contributed by atoms with E-state index in [0.29, 0.717) is 12.1 Å². The van der Waals surface area contributed by atoms with Crippen LogP contribution in [0.25, 0.3) is 6.08 Å². The molecule has 2 aliphatic carbocycles. The van der Waals surface area contributed by atoms with Crippen molar-refractivity contribution in [3.63, 3.8) is 0 Å². The van der Waals surface area contributed by atoms with E-state index in [-0.39, 0.29) is 5.91 Å². The molecule has 0 atom stereocenters. The van der Waals surface area contributed by atoms with Crippen LogP contribution in [0.5, 0.6) is 0 Å². The van der Waals surface area contributed by atoms with Crippen LogP contribution >= 0.6 is 0 Å². The minimum Gasteiger partial charge on any atom is -0.350 e. The average Bonchev–Trinajstić information content (AvgIpc) is 3.25. The van der Waals surface area contributed by atoms with Crippen LogP contribution in [-0.4, -0.2) is 16.5 Å². The van der Waals surface area contributed by atoms with Gasteiger partial charge in [0.1, 0.15) is 0 Å². The van der Waals surface area contributed by atoms with Crippen LogP contribution in [0.1, 0.15) is 67.9 Å². The molecule has 0 saturated heterocycles. The fraction of sp³-hybridized carbons (Fsp3) is 0.611. The molecule has 2 fully saturated rings. The Bertz CT molecular complexity index is 546. The average molecular weight is 286 g/mol. The van der Waals surface area contributed by atoms with Crippen molar-refractivity contribution in [3.8, 4) is 0 Å². The largest absolute Gasteiger partial charge is 0.350 e. The Morgan fingerprint density at radius 2 is 1.90 bits per heavy atom. The number of nitrogens with zero attached hydrogens (tertiary/aromatic N) is 1. The summed E-state index contributed by atoms with van der Waals surface area (Å²) in [7, 11) is 0. The Labute approximate surface area is 127 Å². The molecule has 114 valence electrons. The summed E-state index contributed by atoms with van der Waals surface area (Å²) in [5, 5.41) is 3.13. The van der Waals surface area contributed by atoms with Crippen molar-refractivity contribution < 1.29 is 4.79 Å². The molecular weight excluding hydrogens is 260 g/mol. The van der Waals surface area contributed by atoms with Crippen molar-refractivity contribution in [2.75, 3.05) is 0 Å².